The fourth-order valence-corrected chi connectivity index (χ4v) is 1.51. The molecule has 0 aliphatic heterocycles. The molecule has 2 amide bonds. The van der Waals surface area contributed by atoms with E-state index in [4.69, 9.17) is 10.8 Å². The van der Waals surface area contributed by atoms with Gasteiger partial charge in [0.15, 0.2) is 0 Å². The summed E-state index contributed by atoms with van der Waals surface area (Å²) in [5, 5.41) is 11.8. The van der Waals surface area contributed by atoms with Gasteiger partial charge in [-0.2, -0.15) is 0 Å². The smallest absolute Gasteiger partial charge is 0.268 e. The maximum absolute atomic E-state index is 12.0. The van der Waals surface area contributed by atoms with E-state index < -0.39 is 5.91 Å². The number of aromatic nitrogens is 1. The molecule has 2 atom stereocenters. The van der Waals surface area contributed by atoms with Crippen molar-refractivity contribution in [1.29, 1.82) is 0 Å². The summed E-state index contributed by atoms with van der Waals surface area (Å²) >= 11 is 0. The van der Waals surface area contributed by atoms with Crippen LogP contribution in [-0.4, -0.2) is 34.1 Å². The molecule has 0 fully saturated rings. The Hall–Kier alpha value is -1.82. The molecule has 0 radical (unpaired) electrons. The predicted molar refractivity (Wildman–Crippen MR) is 67.1 cm³/mol. The van der Waals surface area contributed by atoms with Crippen LogP contribution in [0.15, 0.2) is 12.3 Å². The Bertz CT molecular complexity index is 453. The van der Waals surface area contributed by atoms with Gasteiger partial charge in [-0.05, 0) is 18.9 Å². The van der Waals surface area contributed by atoms with Gasteiger partial charge in [0, 0.05) is 25.9 Å². The second-order valence-corrected chi connectivity index (χ2v) is 4.51. The zero-order chi connectivity index (χ0) is 13.9. The molecule has 0 saturated heterocycles. The third-order valence-corrected chi connectivity index (χ3v) is 3.02. The zero-order valence-electron chi connectivity index (χ0n) is 10.8. The lowest BCUT2D eigenvalue weighted by Crippen LogP contribution is -2.39. The molecule has 6 heteroatoms. The van der Waals surface area contributed by atoms with Crippen LogP contribution in [0.2, 0.25) is 0 Å². The van der Waals surface area contributed by atoms with Gasteiger partial charge in [-0.3, -0.25) is 9.59 Å². The molecule has 0 aliphatic carbocycles. The van der Waals surface area contributed by atoms with Crippen molar-refractivity contribution in [1.82, 2.24) is 9.88 Å². The number of aliphatic hydroxyl groups excluding tert-OH is 1. The normalized spacial score (nSPS) is 14.0. The molecule has 1 aromatic heterocycles. The third kappa shape index (κ3) is 3.10. The lowest BCUT2D eigenvalue weighted by Gasteiger charge is -2.19. The summed E-state index contributed by atoms with van der Waals surface area (Å²) in [7, 11) is 1.67. The van der Waals surface area contributed by atoms with Gasteiger partial charge in [0.1, 0.15) is 5.69 Å². The van der Waals surface area contributed by atoms with Crippen LogP contribution in [0.5, 0.6) is 0 Å². The second-order valence-electron chi connectivity index (χ2n) is 4.51. The van der Waals surface area contributed by atoms with Gasteiger partial charge in [-0.15, -0.1) is 0 Å². The molecule has 0 saturated carbocycles. The predicted octanol–water partition coefficient (Wildman–Crippen LogP) is -0.129. The standard InChI is InChI=1S/C12H19N3O3/c1-7(6-16)8(2)14-12(18)10-4-9(11(13)17)5-15(10)3/h4-5,7-8,16H,6H2,1-3H3,(H2,13,17)(H,14,18). The van der Waals surface area contributed by atoms with E-state index in [1.54, 1.807) is 11.6 Å². The highest BCUT2D eigenvalue weighted by Crippen LogP contribution is 2.08. The molecule has 100 valence electrons. The number of primary amides is 1. The Kier molecular flexibility index (Phi) is 4.49. The Morgan fingerprint density at radius 1 is 1.50 bits per heavy atom. The van der Waals surface area contributed by atoms with E-state index in [1.807, 2.05) is 13.8 Å². The van der Waals surface area contributed by atoms with E-state index in [2.05, 4.69) is 5.32 Å². The summed E-state index contributed by atoms with van der Waals surface area (Å²) in [5.41, 5.74) is 5.81. The number of amides is 2. The summed E-state index contributed by atoms with van der Waals surface area (Å²) in [4.78, 5) is 23.0. The first-order valence-corrected chi connectivity index (χ1v) is 5.74. The number of aliphatic hydroxyl groups is 1. The Labute approximate surface area is 106 Å². The number of aryl methyl sites for hydroxylation is 1. The monoisotopic (exact) mass is 253 g/mol. The number of carbonyl (C=O) groups excluding carboxylic acids is 2. The van der Waals surface area contributed by atoms with Crippen molar-refractivity contribution >= 4 is 11.8 Å². The molecule has 0 aliphatic rings. The molecule has 0 aromatic carbocycles. The lowest BCUT2D eigenvalue weighted by atomic mass is 10.1. The summed E-state index contributed by atoms with van der Waals surface area (Å²) < 4.78 is 1.55. The molecule has 1 heterocycles. The van der Waals surface area contributed by atoms with Crippen molar-refractivity contribution in [2.45, 2.75) is 19.9 Å². The number of nitrogens with zero attached hydrogens (tertiary/aromatic N) is 1. The maximum atomic E-state index is 12.0. The number of nitrogens with one attached hydrogen (secondary N) is 1. The van der Waals surface area contributed by atoms with Gasteiger partial charge in [-0.25, -0.2) is 0 Å². The first kappa shape index (κ1) is 14.2. The summed E-state index contributed by atoms with van der Waals surface area (Å²) in [6.45, 7) is 3.66. The minimum Gasteiger partial charge on any atom is -0.396 e. The van der Waals surface area contributed by atoms with Crippen molar-refractivity contribution < 1.29 is 14.7 Å². The molecule has 4 N–H and O–H groups in total. The van der Waals surface area contributed by atoms with Crippen LogP contribution in [0.1, 0.15) is 34.7 Å². The van der Waals surface area contributed by atoms with Gasteiger partial charge < -0.3 is 20.7 Å². The molecule has 1 rings (SSSR count). The van der Waals surface area contributed by atoms with Gasteiger partial charge >= 0.3 is 0 Å². The highest BCUT2D eigenvalue weighted by molar-refractivity contribution is 5.98. The van der Waals surface area contributed by atoms with Crippen LogP contribution >= 0.6 is 0 Å². The second kappa shape index (κ2) is 5.68. The first-order chi connectivity index (χ1) is 8.36. The summed E-state index contributed by atoms with van der Waals surface area (Å²) in [6.07, 6.45) is 1.51. The van der Waals surface area contributed by atoms with E-state index in [1.165, 1.54) is 12.3 Å². The van der Waals surface area contributed by atoms with Crippen LogP contribution in [0.3, 0.4) is 0 Å². The van der Waals surface area contributed by atoms with Crippen molar-refractivity contribution in [3.63, 3.8) is 0 Å². The quantitative estimate of drug-likeness (QED) is 0.682. The highest BCUT2D eigenvalue weighted by atomic mass is 16.3. The number of hydrogen-bond donors (Lipinski definition) is 3. The third-order valence-electron chi connectivity index (χ3n) is 3.02. The van der Waals surface area contributed by atoms with E-state index >= 15 is 0 Å². The average molecular weight is 253 g/mol. The molecule has 1 aromatic rings. The fourth-order valence-electron chi connectivity index (χ4n) is 1.51. The Morgan fingerprint density at radius 3 is 2.56 bits per heavy atom. The van der Waals surface area contributed by atoms with Gasteiger partial charge in [0.05, 0.1) is 5.56 Å². The van der Waals surface area contributed by atoms with Gasteiger partial charge in [0.25, 0.3) is 5.91 Å². The van der Waals surface area contributed by atoms with E-state index in [-0.39, 0.29) is 24.5 Å². The zero-order valence-corrected chi connectivity index (χ0v) is 10.8. The molecule has 2 unspecified atom stereocenters. The number of carbonyl (C=O) groups is 2. The number of rotatable bonds is 5. The SMILES string of the molecule is CC(CO)C(C)NC(=O)c1cc(C(N)=O)cn1C. The van der Waals surface area contributed by atoms with Gasteiger partial charge in [0.2, 0.25) is 5.91 Å². The number of hydrogen-bond acceptors (Lipinski definition) is 3. The van der Waals surface area contributed by atoms with Crippen LogP contribution in [0.25, 0.3) is 0 Å². The van der Waals surface area contributed by atoms with Crippen LogP contribution < -0.4 is 11.1 Å². The van der Waals surface area contributed by atoms with Crippen molar-refractivity contribution in [3.8, 4) is 0 Å². The molecular weight excluding hydrogens is 234 g/mol. The van der Waals surface area contributed by atoms with E-state index in [0.717, 1.165) is 0 Å². The molecule has 6 nitrogen and oxygen atoms in total. The summed E-state index contributed by atoms with van der Waals surface area (Å²) in [6, 6.07) is 1.29. The minimum atomic E-state index is -0.568. The van der Waals surface area contributed by atoms with E-state index in [9.17, 15) is 9.59 Å². The number of nitrogens with two attached hydrogens (primary N) is 1. The molecular formula is C12H19N3O3. The van der Waals surface area contributed by atoms with Gasteiger partial charge in [-0.1, -0.05) is 6.92 Å². The van der Waals surface area contributed by atoms with Crippen LogP contribution in [0.4, 0.5) is 0 Å². The Morgan fingerprint density at radius 2 is 2.11 bits per heavy atom. The lowest BCUT2D eigenvalue weighted by molar-refractivity contribution is 0.0907. The first-order valence-electron chi connectivity index (χ1n) is 5.74. The fraction of sp³-hybridized carbons (Fsp3) is 0.500. The molecule has 18 heavy (non-hydrogen) atoms. The topological polar surface area (TPSA) is 97.3 Å². The van der Waals surface area contributed by atoms with Crippen molar-refractivity contribution in [2.75, 3.05) is 6.61 Å². The highest BCUT2D eigenvalue weighted by Gasteiger charge is 2.18. The average Bonchev–Trinajstić information content (AvgIpc) is 2.70. The van der Waals surface area contributed by atoms with Crippen LogP contribution in [0, 0.1) is 5.92 Å². The summed E-state index contributed by atoms with van der Waals surface area (Å²) in [5.74, 6) is -0.899. The Balaban J connectivity index is 2.81. The van der Waals surface area contributed by atoms with E-state index in [0.29, 0.717) is 11.3 Å². The maximum Gasteiger partial charge on any atom is 0.268 e. The molecule has 0 spiro atoms. The molecule has 0 bridgehead atoms. The minimum absolute atomic E-state index is 0.00111. The van der Waals surface area contributed by atoms with Crippen molar-refractivity contribution in [2.24, 2.45) is 18.7 Å². The van der Waals surface area contributed by atoms with Crippen LogP contribution in [-0.2, 0) is 7.05 Å². The van der Waals surface area contributed by atoms with Crippen molar-refractivity contribution in [3.05, 3.63) is 23.5 Å². The largest absolute Gasteiger partial charge is 0.396 e.